The van der Waals surface area contributed by atoms with Crippen LogP contribution in [-0.4, -0.2) is 36.1 Å². The Bertz CT molecular complexity index is 286. The van der Waals surface area contributed by atoms with Gasteiger partial charge in [-0.3, -0.25) is 4.79 Å². The molecule has 0 bridgehead atoms. The number of carbonyl (C=O) groups is 1. The van der Waals surface area contributed by atoms with Crippen LogP contribution in [0.4, 0.5) is 13.2 Å². The Kier molecular flexibility index (Phi) is 5.01. The lowest BCUT2D eigenvalue weighted by molar-refractivity contribution is -0.186. The summed E-state index contributed by atoms with van der Waals surface area (Å²) in [7, 11) is 0. The van der Waals surface area contributed by atoms with E-state index in [-0.39, 0.29) is 37.8 Å². The Labute approximate surface area is 106 Å². The van der Waals surface area contributed by atoms with Gasteiger partial charge in [0.1, 0.15) is 0 Å². The molecule has 0 saturated carbocycles. The Morgan fingerprint density at radius 2 is 1.89 bits per heavy atom. The molecule has 1 rings (SSSR count). The van der Waals surface area contributed by atoms with Gasteiger partial charge in [-0.15, -0.1) is 0 Å². The molecule has 0 spiro atoms. The van der Waals surface area contributed by atoms with E-state index in [1.807, 2.05) is 13.8 Å². The Morgan fingerprint density at radius 1 is 1.39 bits per heavy atom. The molecule has 0 aromatic carbocycles. The molecule has 1 unspecified atom stereocenters. The number of amides is 1. The fourth-order valence-electron chi connectivity index (χ4n) is 2.14. The van der Waals surface area contributed by atoms with Gasteiger partial charge in [-0.25, -0.2) is 0 Å². The maximum Gasteiger partial charge on any atom is 0.391 e. The normalized spacial score (nSPS) is 21.8. The van der Waals surface area contributed by atoms with Crippen molar-refractivity contribution in [3.63, 3.8) is 0 Å². The van der Waals surface area contributed by atoms with Gasteiger partial charge in [-0.2, -0.15) is 13.2 Å². The molecule has 1 amide bonds. The van der Waals surface area contributed by atoms with Crippen molar-refractivity contribution in [2.45, 2.75) is 45.3 Å². The molecule has 0 radical (unpaired) electrons. The summed E-state index contributed by atoms with van der Waals surface area (Å²) in [5, 5.41) is 0. The number of likely N-dealkylation sites (tertiary alicyclic amines) is 1. The monoisotopic (exact) mass is 266 g/mol. The zero-order chi connectivity index (χ0) is 13.9. The van der Waals surface area contributed by atoms with E-state index in [1.165, 1.54) is 4.90 Å². The number of carbonyl (C=O) groups excluding carboxylic acids is 1. The number of hydrogen-bond donors (Lipinski definition) is 1. The lowest BCUT2D eigenvalue weighted by atomic mass is 9.94. The van der Waals surface area contributed by atoms with Crippen LogP contribution >= 0.6 is 0 Å². The lowest BCUT2D eigenvalue weighted by Crippen LogP contribution is -2.50. The number of nitrogens with zero attached hydrogens (tertiary/aromatic N) is 1. The van der Waals surface area contributed by atoms with Gasteiger partial charge in [0, 0.05) is 13.1 Å². The molecule has 0 aromatic heterocycles. The maximum absolute atomic E-state index is 12.5. The number of rotatable bonds is 3. The van der Waals surface area contributed by atoms with Crippen LogP contribution in [0.3, 0.4) is 0 Å². The van der Waals surface area contributed by atoms with E-state index >= 15 is 0 Å². The molecule has 1 fully saturated rings. The second kappa shape index (κ2) is 5.91. The summed E-state index contributed by atoms with van der Waals surface area (Å²) < 4.78 is 37.4. The SMILES string of the molecule is CCC(C)[C@H](N)C(=O)N1CCC(C(F)(F)F)CC1. The fraction of sp³-hybridized carbons (Fsp3) is 0.917. The number of hydrogen-bond acceptors (Lipinski definition) is 2. The molecule has 106 valence electrons. The van der Waals surface area contributed by atoms with Crippen LogP contribution in [-0.2, 0) is 4.79 Å². The van der Waals surface area contributed by atoms with Gasteiger partial charge >= 0.3 is 6.18 Å². The second-order valence-corrected chi connectivity index (χ2v) is 5.05. The quantitative estimate of drug-likeness (QED) is 0.851. The predicted octanol–water partition coefficient (Wildman–Crippen LogP) is 2.16. The summed E-state index contributed by atoms with van der Waals surface area (Å²) in [6.07, 6.45) is -3.38. The fourth-order valence-corrected chi connectivity index (χ4v) is 2.14. The Balaban J connectivity index is 2.50. The van der Waals surface area contributed by atoms with E-state index in [1.54, 1.807) is 0 Å². The molecule has 0 aliphatic carbocycles. The van der Waals surface area contributed by atoms with Crippen LogP contribution in [0.2, 0.25) is 0 Å². The molecule has 6 heteroatoms. The van der Waals surface area contributed by atoms with Crippen LogP contribution in [0.25, 0.3) is 0 Å². The van der Waals surface area contributed by atoms with Crippen molar-refractivity contribution in [1.29, 1.82) is 0 Å². The van der Waals surface area contributed by atoms with Gasteiger partial charge in [0.2, 0.25) is 5.91 Å². The topological polar surface area (TPSA) is 46.3 Å². The second-order valence-electron chi connectivity index (χ2n) is 5.05. The molecule has 3 nitrogen and oxygen atoms in total. The number of piperidine rings is 1. The highest BCUT2D eigenvalue weighted by Gasteiger charge is 2.42. The van der Waals surface area contributed by atoms with Crippen molar-refractivity contribution in [3.8, 4) is 0 Å². The predicted molar refractivity (Wildman–Crippen MR) is 62.8 cm³/mol. The molecule has 1 saturated heterocycles. The van der Waals surface area contributed by atoms with Crippen molar-refractivity contribution in [2.75, 3.05) is 13.1 Å². The lowest BCUT2D eigenvalue weighted by Gasteiger charge is -2.35. The highest BCUT2D eigenvalue weighted by atomic mass is 19.4. The number of alkyl halides is 3. The summed E-state index contributed by atoms with van der Waals surface area (Å²) in [6, 6.07) is -0.600. The molecule has 1 heterocycles. The Hall–Kier alpha value is -0.780. The molecule has 1 aliphatic heterocycles. The van der Waals surface area contributed by atoms with E-state index in [0.717, 1.165) is 6.42 Å². The average molecular weight is 266 g/mol. The first-order valence-electron chi connectivity index (χ1n) is 6.38. The van der Waals surface area contributed by atoms with Crippen molar-refractivity contribution in [1.82, 2.24) is 4.90 Å². The van der Waals surface area contributed by atoms with Gasteiger partial charge in [0.15, 0.2) is 0 Å². The van der Waals surface area contributed by atoms with Crippen LogP contribution in [0.1, 0.15) is 33.1 Å². The largest absolute Gasteiger partial charge is 0.391 e. The third-order valence-electron chi connectivity index (χ3n) is 3.81. The molecule has 2 atom stereocenters. The summed E-state index contributed by atoms with van der Waals surface area (Å²) in [6.45, 7) is 4.14. The smallest absolute Gasteiger partial charge is 0.341 e. The van der Waals surface area contributed by atoms with Crippen LogP contribution < -0.4 is 5.73 Å². The summed E-state index contributed by atoms with van der Waals surface area (Å²) in [4.78, 5) is 13.4. The molecule has 0 aromatic rings. The molecule has 18 heavy (non-hydrogen) atoms. The molecular formula is C12H21F3N2O. The van der Waals surface area contributed by atoms with Gasteiger partial charge in [0.25, 0.3) is 0 Å². The van der Waals surface area contributed by atoms with Crippen molar-refractivity contribution in [3.05, 3.63) is 0 Å². The minimum Gasteiger partial charge on any atom is -0.341 e. The zero-order valence-electron chi connectivity index (χ0n) is 10.8. The highest BCUT2D eigenvalue weighted by Crippen LogP contribution is 2.34. The first-order valence-corrected chi connectivity index (χ1v) is 6.38. The first kappa shape index (κ1) is 15.3. The van der Waals surface area contributed by atoms with Gasteiger partial charge < -0.3 is 10.6 Å². The first-order chi connectivity index (χ1) is 8.27. The van der Waals surface area contributed by atoms with Gasteiger partial charge in [0.05, 0.1) is 12.0 Å². The molecule has 1 aliphatic rings. The minimum atomic E-state index is -4.14. The zero-order valence-corrected chi connectivity index (χ0v) is 10.8. The van der Waals surface area contributed by atoms with Crippen LogP contribution in [0.15, 0.2) is 0 Å². The Morgan fingerprint density at radius 3 is 2.28 bits per heavy atom. The van der Waals surface area contributed by atoms with Gasteiger partial charge in [-0.1, -0.05) is 20.3 Å². The highest BCUT2D eigenvalue weighted by molar-refractivity contribution is 5.82. The van der Waals surface area contributed by atoms with Crippen LogP contribution in [0.5, 0.6) is 0 Å². The standard InChI is InChI=1S/C12H21F3N2O/c1-3-8(2)10(16)11(18)17-6-4-9(5-7-17)12(13,14)15/h8-10H,3-7,16H2,1-2H3/t8?,10-/m0/s1. The molecule has 2 N–H and O–H groups in total. The number of halogens is 3. The average Bonchev–Trinajstić information content (AvgIpc) is 2.35. The van der Waals surface area contributed by atoms with E-state index in [2.05, 4.69) is 0 Å². The number of nitrogens with two attached hydrogens (primary N) is 1. The third kappa shape index (κ3) is 3.60. The van der Waals surface area contributed by atoms with E-state index in [0.29, 0.717) is 0 Å². The van der Waals surface area contributed by atoms with Crippen molar-refractivity contribution in [2.24, 2.45) is 17.6 Å². The molecular weight excluding hydrogens is 245 g/mol. The minimum absolute atomic E-state index is 0.0114. The maximum atomic E-state index is 12.5. The van der Waals surface area contributed by atoms with Crippen LogP contribution in [0, 0.1) is 11.8 Å². The van der Waals surface area contributed by atoms with E-state index in [4.69, 9.17) is 5.73 Å². The van der Waals surface area contributed by atoms with E-state index in [9.17, 15) is 18.0 Å². The van der Waals surface area contributed by atoms with E-state index < -0.39 is 18.1 Å². The summed E-state index contributed by atoms with van der Waals surface area (Å²) in [5.74, 6) is -1.44. The summed E-state index contributed by atoms with van der Waals surface area (Å²) in [5.41, 5.74) is 5.81. The van der Waals surface area contributed by atoms with Gasteiger partial charge in [-0.05, 0) is 18.8 Å². The summed E-state index contributed by atoms with van der Waals surface area (Å²) >= 11 is 0. The third-order valence-corrected chi connectivity index (χ3v) is 3.81. The van der Waals surface area contributed by atoms with Crippen molar-refractivity contribution < 1.29 is 18.0 Å². The van der Waals surface area contributed by atoms with Crippen molar-refractivity contribution >= 4 is 5.91 Å².